The third-order valence-electron chi connectivity index (χ3n) is 5.35. The van der Waals surface area contributed by atoms with Crippen LogP contribution in [0.25, 0.3) is 22.3 Å². The summed E-state index contributed by atoms with van der Waals surface area (Å²) in [5.41, 5.74) is 0.630. The summed E-state index contributed by atoms with van der Waals surface area (Å²) >= 11 is 0. The van der Waals surface area contributed by atoms with Gasteiger partial charge in [-0.3, -0.25) is 9.32 Å². The number of para-hydroxylation sites is 1. The maximum absolute atomic E-state index is 13.5. The van der Waals surface area contributed by atoms with Gasteiger partial charge in [0, 0.05) is 5.56 Å². The molecule has 0 unspecified atom stereocenters. The van der Waals surface area contributed by atoms with Crippen LogP contribution in [0, 0.1) is 0 Å². The van der Waals surface area contributed by atoms with Gasteiger partial charge in [-0.1, -0.05) is 52.2 Å². The van der Waals surface area contributed by atoms with Crippen molar-refractivity contribution < 1.29 is 27.6 Å². The van der Waals surface area contributed by atoms with E-state index in [1.165, 1.54) is 0 Å². The van der Waals surface area contributed by atoms with Crippen molar-refractivity contribution in [3.63, 3.8) is 0 Å². The molecule has 0 saturated carbocycles. The molecule has 0 amide bonds. The Balaban J connectivity index is 2.01. The van der Waals surface area contributed by atoms with Gasteiger partial charge in [0.25, 0.3) is 5.75 Å². The topological polar surface area (TPSA) is 87.4 Å². The van der Waals surface area contributed by atoms with Crippen LogP contribution in [-0.2, 0) is 9.05 Å². The predicted molar refractivity (Wildman–Crippen MR) is 140 cm³/mol. The maximum atomic E-state index is 13.5. The smallest absolute Gasteiger partial charge is 0.494 e. The van der Waals surface area contributed by atoms with Crippen LogP contribution in [-0.4, -0.2) is 24.7 Å². The van der Waals surface area contributed by atoms with E-state index < -0.39 is 13.6 Å². The lowest BCUT2D eigenvalue weighted by Gasteiger charge is -2.17. The predicted octanol–water partition coefficient (Wildman–Crippen LogP) is 7.32. The van der Waals surface area contributed by atoms with Gasteiger partial charge in [-0.2, -0.15) is 4.89 Å². The number of fused-ring (bicyclic) bond motifs is 1. The highest BCUT2D eigenvalue weighted by molar-refractivity contribution is 7.55. The molecule has 0 spiro atoms. The Bertz CT molecular complexity index is 1100. The van der Waals surface area contributed by atoms with Crippen molar-refractivity contribution >= 4 is 19.1 Å². The molecule has 2 aromatic carbocycles. The SMILES string of the molecule is CCCCOc1ccc(-c2oc3ccccc3c(=O)c2O[P+](O)(OCCCC)OCCCC)cc1. The van der Waals surface area contributed by atoms with E-state index in [-0.39, 0.29) is 24.7 Å². The van der Waals surface area contributed by atoms with Gasteiger partial charge in [0.05, 0.1) is 12.0 Å². The zero-order chi connectivity index (χ0) is 25.1. The molecule has 0 radical (unpaired) electrons. The first-order chi connectivity index (χ1) is 17.0. The fraction of sp³-hybridized carbons (Fsp3) is 0.444. The second-order valence-corrected chi connectivity index (χ2v) is 9.88. The molecule has 1 N–H and O–H groups in total. The largest absolute Gasteiger partial charge is 0.619 e. The Labute approximate surface area is 207 Å². The first kappa shape index (κ1) is 27.2. The minimum atomic E-state index is -3.82. The fourth-order valence-corrected chi connectivity index (χ4v) is 4.58. The van der Waals surface area contributed by atoms with Crippen molar-refractivity contribution in [3.05, 3.63) is 58.8 Å². The molecule has 35 heavy (non-hydrogen) atoms. The molecule has 0 aliphatic rings. The van der Waals surface area contributed by atoms with E-state index in [1.807, 2.05) is 26.0 Å². The normalized spacial score (nSPS) is 11.7. The zero-order valence-corrected chi connectivity index (χ0v) is 21.7. The van der Waals surface area contributed by atoms with Crippen LogP contribution >= 0.6 is 8.17 Å². The van der Waals surface area contributed by atoms with Gasteiger partial charge in [0.2, 0.25) is 5.43 Å². The monoisotopic (exact) mass is 503 g/mol. The molecule has 0 aliphatic carbocycles. The molecular weight excluding hydrogens is 467 g/mol. The van der Waals surface area contributed by atoms with Crippen molar-refractivity contribution in [2.45, 2.75) is 59.3 Å². The first-order valence-corrected chi connectivity index (χ1v) is 13.9. The number of benzene rings is 2. The maximum Gasteiger partial charge on any atom is 0.619 e. The van der Waals surface area contributed by atoms with Gasteiger partial charge in [-0.25, -0.2) is 0 Å². The molecule has 8 heteroatoms. The molecule has 190 valence electrons. The summed E-state index contributed by atoms with van der Waals surface area (Å²) in [4.78, 5) is 24.7. The summed E-state index contributed by atoms with van der Waals surface area (Å²) in [6, 6.07) is 14.2. The summed E-state index contributed by atoms with van der Waals surface area (Å²) in [6.07, 6.45) is 5.23. The average molecular weight is 504 g/mol. The van der Waals surface area contributed by atoms with Gasteiger partial charge < -0.3 is 9.15 Å². The highest BCUT2D eigenvalue weighted by Gasteiger charge is 2.48. The van der Waals surface area contributed by atoms with Crippen LogP contribution in [0.3, 0.4) is 0 Å². The summed E-state index contributed by atoms with van der Waals surface area (Å²) in [5, 5.41) is 0.347. The van der Waals surface area contributed by atoms with E-state index >= 15 is 0 Å². The summed E-state index contributed by atoms with van der Waals surface area (Å²) < 4.78 is 29.1. The fourth-order valence-electron chi connectivity index (χ4n) is 3.29. The quantitative estimate of drug-likeness (QED) is 0.172. The van der Waals surface area contributed by atoms with E-state index in [9.17, 15) is 9.69 Å². The third-order valence-corrected chi connectivity index (χ3v) is 6.78. The van der Waals surface area contributed by atoms with Crippen LogP contribution < -0.4 is 14.7 Å². The Morgan fingerprint density at radius 3 is 2.06 bits per heavy atom. The molecule has 3 rings (SSSR count). The van der Waals surface area contributed by atoms with Gasteiger partial charge >= 0.3 is 8.17 Å². The summed E-state index contributed by atoms with van der Waals surface area (Å²) in [6.45, 7) is 7.29. The lowest BCUT2D eigenvalue weighted by Crippen LogP contribution is -2.16. The Morgan fingerprint density at radius 1 is 0.829 bits per heavy atom. The van der Waals surface area contributed by atoms with Gasteiger partial charge in [0.1, 0.15) is 24.5 Å². The number of hydrogen-bond acceptors (Lipinski definition) is 7. The zero-order valence-electron chi connectivity index (χ0n) is 20.8. The van der Waals surface area contributed by atoms with E-state index in [1.54, 1.807) is 36.4 Å². The molecule has 0 aliphatic heterocycles. The van der Waals surface area contributed by atoms with Crippen molar-refractivity contribution in [2.75, 3.05) is 19.8 Å². The lowest BCUT2D eigenvalue weighted by atomic mass is 10.1. The lowest BCUT2D eigenvalue weighted by molar-refractivity contribution is 0.119. The second-order valence-electron chi connectivity index (χ2n) is 8.25. The molecule has 0 bridgehead atoms. The molecule has 0 fully saturated rings. The van der Waals surface area contributed by atoms with E-state index in [2.05, 4.69) is 6.92 Å². The average Bonchev–Trinajstić information content (AvgIpc) is 2.87. The third kappa shape index (κ3) is 7.52. The number of hydrogen-bond donors (Lipinski definition) is 1. The van der Waals surface area contributed by atoms with Crippen molar-refractivity contribution in [1.29, 1.82) is 0 Å². The molecule has 0 saturated heterocycles. The summed E-state index contributed by atoms with van der Waals surface area (Å²) in [5.74, 6) is 0.792. The van der Waals surface area contributed by atoms with Gasteiger partial charge in [-0.05, 0) is 55.7 Å². The Kier molecular flexibility index (Phi) is 10.5. The number of unbranched alkanes of at least 4 members (excludes halogenated alkanes) is 3. The summed E-state index contributed by atoms with van der Waals surface area (Å²) in [7, 11) is -3.82. The molecule has 1 heterocycles. The molecule has 7 nitrogen and oxygen atoms in total. The van der Waals surface area contributed by atoms with Crippen molar-refractivity contribution in [3.8, 4) is 22.8 Å². The van der Waals surface area contributed by atoms with Crippen molar-refractivity contribution in [1.82, 2.24) is 0 Å². The van der Waals surface area contributed by atoms with Crippen LogP contribution in [0.15, 0.2) is 57.7 Å². The minimum Gasteiger partial charge on any atom is -0.494 e. The van der Waals surface area contributed by atoms with Crippen LogP contribution in [0.2, 0.25) is 0 Å². The van der Waals surface area contributed by atoms with Crippen LogP contribution in [0.4, 0.5) is 0 Å². The molecule has 1 aromatic heterocycles. The van der Waals surface area contributed by atoms with Gasteiger partial charge in [0.15, 0.2) is 5.76 Å². The minimum absolute atomic E-state index is 0.132. The second kappa shape index (κ2) is 13.6. The Morgan fingerprint density at radius 2 is 1.43 bits per heavy atom. The molecule has 0 atom stereocenters. The van der Waals surface area contributed by atoms with E-state index in [4.69, 9.17) is 22.7 Å². The first-order valence-electron chi connectivity index (χ1n) is 12.4. The van der Waals surface area contributed by atoms with E-state index in [0.717, 1.165) is 44.3 Å². The van der Waals surface area contributed by atoms with Crippen molar-refractivity contribution in [2.24, 2.45) is 0 Å². The number of ether oxygens (including phenoxy) is 1. The standard InChI is InChI=1S/C27H36O7P/c1-4-7-18-30-22-16-14-21(15-17-22)26-27(25(28)23-12-10-11-13-24(23)33-26)34-35(29,31-19-8-5-2)32-20-9-6-3/h10-17,29H,4-9,18-20H2,1-3H3/q+1. The highest BCUT2D eigenvalue weighted by Crippen LogP contribution is 2.58. The van der Waals surface area contributed by atoms with E-state index in [0.29, 0.717) is 23.1 Å². The Hall–Kier alpha value is -2.44. The van der Waals surface area contributed by atoms with Gasteiger partial charge in [-0.15, -0.1) is 9.05 Å². The van der Waals surface area contributed by atoms with Crippen LogP contribution in [0.5, 0.6) is 11.5 Å². The van der Waals surface area contributed by atoms with Crippen LogP contribution in [0.1, 0.15) is 59.3 Å². The molecular formula is C27H36O7P+. The number of rotatable bonds is 15. The molecule has 3 aromatic rings. The highest BCUT2D eigenvalue weighted by atomic mass is 31.2.